The molecule has 2 heterocycles. The number of aromatic amines is 1. The van der Waals surface area contributed by atoms with E-state index in [1.807, 2.05) is 36.4 Å². The Labute approximate surface area is 145 Å². The van der Waals surface area contributed by atoms with E-state index in [1.54, 1.807) is 12.1 Å². The summed E-state index contributed by atoms with van der Waals surface area (Å²) in [7, 11) is 0. The minimum atomic E-state index is 0.114. The van der Waals surface area contributed by atoms with Crippen molar-refractivity contribution in [2.75, 3.05) is 5.32 Å². The van der Waals surface area contributed by atoms with Gasteiger partial charge in [0.05, 0.1) is 11.1 Å². The van der Waals surface area contributed by atoms with E-state index >= 15 is 0 Å². The number of nitrogens with one attached hydrogen (secondary N) is 2. The van der Waals surface area contributed by atoms with E-state index in [1.165, 1.54) is 11.9 Å². The Bertz CT molecular complexity index is 1010. The van der Waals surface area contributed by atoms with E-state index in [9.17, 15) is 5.11 Å². The summed E-state index contributed by atoms with van der Waals surface area (Å²) in [6.45, 7) is 2.10. The van der Waals surface area contributed by atoms with E-state index in [2.05, 4.69) is 39.3 Å². The number of anilines is 1. The van der Waals surface area contributed by atoms with Crippen LogP contribution in [0.5, 0.6) is 5.75 Å². The van der Waals surface area contributed by atoms with Crippen LogP contribution in [0, 0.1) is 0 Å². The first-order chi connectivity index (χ1) is 12.2. The van der Waals surface area contributed by atoms with Crippen LogP contribution in [0.15, 0.2) is 67.0 Å². The molecule has 0 aliphatic heterocycles. The molecule has 25 heavy (non-hydrogen) atoms. The molecule has 4 aromatic rings. The maximum Gasteiger partial charge on any atom is 0.143 e. The Morgan fingerprint density at radius 2 is 1.76 bits per heavy atom. The number of aromatic nitrogens is 3. The van der Waals surface area contributed by atoms with Crippen LogP contribution < -0.4 is 5.32 Å². The van der Waals surface area contributed by atoms with E-state index in [4.69, 9.17) is 0 Å². The highest BCUT2D eigenvalue weighted by molar-refractivity contribution is 5.92. The van der Waals surface area contributed by atoms with E-state index in [0.717, 1.165) is 28.1 Å². The van der Waals surface area contributed by atoms with Gasteiger partial charge < -0.3 is 15.4 Å². The maximum absolute atomic E-state index is 10.1. The van der Waals surface area contributed by atoms with E-state index in [0.29, 0.717) is 0 Å². The molecule has 1 atom stereocenters. The van der Waals surface area contributed by atoms with Gasteiger partial charge in [-0.05, 0) is 30.7 Å². The van der Waals surface area contributed by atoms with Crippen molar-refractivity contribution in [3.05, 3.63) is 72.6 Å². The molecule has 124 valence electrons. The molecule has 0 aliphatic carbocycles. The standard InChI is InChI=1S/C20H18N4O/c1-13(14-7-3-2-4-8-14)23-19-16-11-17(24-20(16)22-12-21-19)15-9-5-6-10-18(15)25/h2-13,25H,1H3,(H2,21,22,23,24). The Morgan fingerprint density at radius 1 is 1.00 bits per heavy atom. The number of aromatic hydroxyl groups is 1. The third-order valence-electron chi connectivity index (χ3n) is 4.27. The van der Waals surface area contributed by atoms with Crippen molar-refractivity contribution in [1.29, 1.82) is 0 Å². The number of hydrogen-bond acceptors (Lipinski definition) is 4. The normalized spacial score (nSPS) is 12.2. The quantitative estimate of drug-likeness (QED) is 0.515. The molecule has 1 unspecified atom stereocenters. The van der Waals surface area contributed by atoms with Crippen molar-refractivity contribution in [2.45, 2.75) is 13.0 Å². The van der Waals surface area contributed by atoms with Crippen LogP contribution in [0.25, 0.3) is 22.3 Å². The molecule has 0 radical (unpaired) electrons. The van der Waals surface area contributed by atoms with Crippen molar-refractivity contribution in [3.8, 4) is 17.0 Å². The number of hydrogen-bond donors (Lipinski definition) is 3. The van der Waals surface area contributed by atoms with Gasteiger partial charge >= 0.3 is 0 Å². The molecule has 0 saturated heterocycles. The number of phenolic OH excluding ortho intramolecular Hbond substituents is 1. The summed E-state index contributed by atoms with van der Waals surface area (Å²) < 4.78 is 0. The van der Waals surface area contributed by atoms with Gasteiger partial charge in [0.15, 0.2) is 0 Å². The molecular weight excluding hydrogens is 312 g/mol. The topological polar surface area (TPSA) is 73.8 Å². The molecule has 0 bridgehead atoms. The number of nitrogens with zero attached hydrogens (tertiary/aromatic N) is 2. The molecule has 0 fully saturated rings. The van der Waals surface area contributed by atoms with Gasteiger partial charge in [0.1, 0.15) is 23.5 Å². The number of H-pyrrole nitrogens is 1. The SMILES string of the molecule is CC(Nc1ncnc2[nH]c(-c3ccccc3O)cc12)c1ccccc1. The van der Waals surface area contributed by atoms with Gasteiger partial charge in [0, 0.05) is 11.6 Å². The second-order valence-electron chi connectivity index (χ2n) is 5.96. The lowest BCUT2D eigenvalue weighted by Gasteiger charge is -2.15. The lowest BCUT2D eigenvalue weighted by Crippen LogP contribution is -2.08. The summed E-state index contributed by atoms with van der Waals surface area (Å²) in [6.07, 6.45) is 1.54. The molecule has 3 N–H and O–H groups in total. The van der Waals surface area contributed by atoms with Gasteiger partial charge in [-0.2, -0.15) is 0 Å². The van der Waals surface area contributed by atoms with Gasteiger partial charge in [-0.15, -0.1) is 0 Å². The minimum absolute atomic E-state index is 0.114. The molecule has 0 amide bonds. The van der Waals surface area contributed by atoms with Crippen molar-refractivity contribution in [2.24, 2.45) is 0 Å². The summed E-state index contributed by atoms with van der Waals surface area (Å²) >= 11 is 0. The Hall–Kier alpha value is -3.34. The monoisotopic (exact) mass is 330 g/mol. The van der Waals surface area contributed by atoms with Gasteiger partial charge in [-0.25, -0.2) is 9.97 Å². The second-order valence-corrected chi connectivity index (χ2v) is 5.96. The van der Waals surface area contributed by atoms with Crippen LogP contribution in [0.3, 0.4) is 0 Å². The lowest BCUT2D eigenvalue weighted by atomic mass is 10.1. The highest BCUT2D eigenvalue weighted by atomic mass is 16.3. The molecular formula is C20H18N4O. The summed E-state index contributed by atoms with van der Waals surface area (Å²) in [5.74, 6) is 0.994. The van der Waals surface area contributed by atoms with E-state index in [-0.39, 0.29) is 11.8 Å². The van der Waals surface area contributed by atoms with Crippen molar-refractivity contribution in [1.82, 2.24) is 15.0 Å². The Morgan fingerprint density at radius 3 is 2.56 bits per heavy atom. The largest absolute Gasteiger partial charge is 0.507 e. The summed E-state index contributed by atoms with van der Waals surface area (Å²) in [5.41, 5.74) is 3.47. The van der Waals surface area contributed by atoms with Gasteiger partial charge in [-0.1, -0.05) is 42.5 Å². The van der Waals surface area contributed by atoms with Crippen LogP contribution in [0.2, 0.25) is 0 Å². The van der Waals surface area contributed by atoms with Crippen molar-refractivity contribution in [3.63, 3.8) is 0 Å². The number of benzene rings is 2. The molecule has 4 rings (SSSR count). The van der Waals surface area contributed by atoms with Crippen LogP contribution in [0.1, 0.15) is 18.5 Å². The number of para-hydroxylation sites is 1. The minimum Gasteiger partial charge on any atom is -0.507 e. The Balaban J connectivity index is 1.72. The van der Waals surface area contributed by atoms with Crippen molar-refractivity contribution >= 4 is 16.9 Å². The molecule has 5 nitrogen and oxygen atoms in total. The summed E-state index contributed by atoms with van der Waals surface area (Å²) in [4.78, 5) is 12.0. The van der Waals surface area contributed by atoms with Crippen LogP contribution >= 0.6 is 0 Å². The van der Waals surface area contributed by atoms with Crippen LogP contribution in [0.4, 0.5) is 5.82 Å². The van der Waals surface area contributed by atoms with E-state index < -0.39 is 0 Å². The molecule has 0 saturated carbocycles. The first kappa shape index (κ1) is 15.2. The fourth-order valence-electron chi connectivity index (χ4n) is 2.93. The fraction of sp³-hybridized carbons (Fsp3) is 0.100. The van der Waals surface area contributed by atoms with Crippen LogP contribution in [-0.2, 0) is 0 Å². The highest BCUT2D eigenvalue weighted by Crippen LogP contribution is 2.32. The average Bonchev–Trinajstić information content (AvgIpc) is 3.08. The smallest absolute Gasteiger partial charge is 0.143 e. The first-order valence-corrected chi connectivity index (χ1v) is 8.16. The predicted molar refractivity (Wildman–Crippen MR) is 99.5 cm³/mol. The number of fused-ring (bicyclic) bond motifs is 1. The fourth-order valence-corrected chi connectivity index (χ4v) is 2.93. The molecule has 5 heteroatoms. The third-order valence-corrected chi connectivity index (χ3v) is 4.27. The first-order valence-electron chi connectivity index (χ1n) is 8.16. The number of phenols is 1. The van der Waals surface area contributed by atoms with Gasteiger partial charge in [0.25, 0.3) is 0 Å². The maximum atomic E-state index is 10.1. The highest BCUT2D eigenvalue weighted by Gasteiger charge is 2.13. The summed E-state index contributed by atoms with van der Waals surface area (Å²) in [5, 5.41) is 14.4. The lowest BCUT2D eigenvalue weighted by molar-refractivity contribution is 0.477. The second kappa shape index (κ2) is 6.28. The average molecular weight is 330 g/mol. The summed E-state index contributed by atoms with van der Waals surface area (Å²) in [6, 6.07) is 19.5. The zero-order valence-corrected chi connectivity index (χ0v) is 13.8. The van der Waals surface area contributed by atoms with Crippen molar-refractivity contribution < 1.29 is 5.11 Å². The zero-order valence-electron chi connectivity index (χ0n) is 13.8. The molecule has 0 spiro atoms. The molecule has 0 aliphatic rings. The van der Waals surface area contributed by atoms with Gasteiger partial charge in [0.2, 0.25) is 0 Å². The zero-order chi connectivity index (χ0) is 17.2. The predicted octanol–water partition coefficient (Wildman–Crippen LogP) is 4.50. The number of rotatable bonds is 4. The third kappa shape index (κ3) is 2.92. The van der Waals surface area contributed by atoms with Gasteiger partial charge in [-0.3, -0.25) is 0 Å². The molecule has 2 aromatic heterocycles. The Kier molecular flexibility index (Phi) is 3.82. The van der Waals surface area contributed by atoms with Crippen LogP contribution in [-0.4, -0.2) is 20.1 Å². The molecule has 2 aromatic carbocycles.